The van der Waals surface area contributed by atoms with Gasteiger partial charge in [-0.15, -0.1) is 0 Å². The molecule has 0 bridgehead atoms. The Morgan fingerprint density at radius 1 is 1.02 bits per heavy atom. The van der Waals surface area contributed by atoms with Crippen molar-refractivity contribution >= 4 is 39.3 Å². The first kappa shape index (κ1) is 33.2. The van der Waals surface area contributed by atoms with Crippen LogP contribution in [0.25, 0.3) is 28.1 Å². The summed E-state index contributed by atoms with van der Waals surface area (Å²) < 4.78 is 52.0. The molecule has 1 N–H and O–H groups in total. The summed E-state index contributed by atoms with van der Waals surface area (Å²) in [6, 6.07) is 14.0. The third-order valence-corrected chi connectivity index (χ3v) is 9.28. The van der Waals surface area contributed by atoms with E-state index < -0.39 is 21.6 Å². The molecule has 14 heteroatoms. The van der Waals surface area contributed by atoms with Crippen LogP contribution in [0, 0.1) is 5.82 Å². The average molecular weight is 670 g/mol. The van der Waals surface area contributed by atoms with E-state index in [0.29, 0.717) is 43.0 Å². The number of amides is 1. The van der Waals surface area contributed by atoms with Crippen LogP contribution in [0.3, 0.4) is 0 Å². The second-order valence-corrected chi connectivity index (χ2v) is 14.1. The molecule has 3 heterocycles. The van der Waals surface area contributed by atoms with E-state index in [2.05, 4.69) is 14.6 Å². The average Bonchev–Trinajstić information content (AvgIpc) is 3.47. The van der Waals surface area contributed by atoms with Crippen LogP contribution in [0.5, 0.6) is 0 Å². The summed E-state index contributed by atoms with van der Waals surface area (Å²) in [5, 5.41) is 4.96. The van der Waals surface area contributed by atoms with Crippen LogP contribution >= 0.6 is 11.6 Å². The molecular weight excluding hydrogens is 633 g/mol. The molecule has 1 amide bonds. The van der Waals surface area contributed by atoms with E-state index in [0.717, 1.165) is 15.7 Å². The summed E-state index contributed by atoms with van der Waals surface area (Å²) in [4.78, 5) is 20.5. The molecule has 0 saturated carbocycles. The van der Waals surface area contributed by atoms with E-state index in [1.807, 2.05) is 45.0 Å². The molecule has 1 aliphatic rings. The van der Waals surface area contributed by atoms with Gasteiger partial charge in [0.1, 0.15) is 11.3 Å². The Labute approximate surface area is 273 Å². The molecule has 1 aliphatic heterocycles. The highest BCUT2D eigenvalue weighted by molar-refractivity contribution is 7.90. The number of aromatic nitrogens is 3. The van der Waals surface area contributed by atoms with Gasteiger partial charge in [-0.3, -0.25) is 9.71 Å². The van der Waals surface area contributed by atoms with Crippen molar-refractivity contribution in [2.45, 2.75) is 33.3 Å². The lowest BCUT2D eigenvalue weighted by Crippen LogP contribution is -2.50. The van der Waals surface area contributed by atoms with Crippen LogP contribution in [0.15, 0.2) is 67.1 Å². The van der Waals surface area contributed by atoms with Crippen molar-refractivity contribution in [1.29, 1.82) is 0 Å². The van der Waals surface area contributed by atoms with Crippen molar-refractivity contribution in [3.8, 4) is 28.1 Å². The lowest BCUT2D eigenvalue weighted by atomic mass is 10.0. The molecule has 0 spiro atoms. The number of pyridine rings is 1. The van der Waals surface area contributed by atoms with Gasteiger partial charge in [-0.05, 0) is 69.3 Å². The number of hydrogen-bond donors (Lipinski definition) is 1. The summed E-state index contributed by atoms with van der Waals surface area (Å²) in [5.74, 6) is -0.784. The smallest absolute Gasteiger partial charge is 0.410 e. The number of carbonyl (C=O) groups is 1. The van der Waals surface area contributed by atoms with E-state index in [1.54, 1.807) is 47.2 Å². The van der Waals surface area contributed by atoms with Gasteiger partial charge in [0, 0.05) is 85.8 Å². The Hall–Kier alpha value is -4.20. The monoisotopic (exact) mass is 669 g/mol. The Bertz CT molecular complexity index is 1800. The van der Waals surface area contributed by atoms with Crippen molar-refractivity contribution in [3.63, 3.8) is 0 Å². The number of carbonyl (C=O) groups excluding carboxylic acids is 1. The molecule has 2 aromatic carbocycles. The number of hydrogen-bond acceptors (Lipinski definition) is 7. The largest absolute Gasteiger partial charge is 0.444 e. The molecule has 0 aliphatic carbocycles. The molecule has 1 fully saturated rings. The molecule has 11 nitrogen and oxygen atoms in total. The highest BCUT2D eigenvalue weighted by Gasteiger charge is 2.27. The Morgan fingerprint density at radius 3 is 2.26 bits per heavy atom. The van der Waals surface area contributed by atoms with Crippen LogP contribution in [-0.4, -0.2) is 83.9 Å². The van der Waals surface area contributed by atoms with Gasteiger partial charge in [0.15, 0.2) is 5.82 Å². The third-order valence-electron chi connectivity index (χ3n) is 7.50. The zero-order valence-corrected chi connectivity index (χ0v) is 27.9. The number of nitrogens with zero attached hydrogens (tertiary/aromatic N) is 6. The first-order valence-corrected chi connectivity index (χ1v) is 16.6. The third kappa shape index (κ3) is 7.43. The summed E-state index contributed by atoms with van der Waals surface area (Å²) in [6.45, 7) is 9.84. The van der Waals surface area contributed by atoms with Crippen LogP contribution in [0.1, 0.15) is 27.7 Å². The molecule has 1 saturated heterocycles. The van der Waals surface area contributed by atoms with Gasteiger partial charge in [0.2, 0.25) is 0 Å². The lowest BCUT2D eigenvalue weighted by molar-refractivity contribution is 0.0240. The molecule has 0 radical (unpaired) electrons. The van der Waals surface area contributed by atoms with Crippen molar-refractivity contribution in [2.24, 2.45) is 0 Å². The first-order valence-electron chi connectivity index (χ1n) is 14.8. The number of rotatable bonds is 8. The van der Waals surface area contributed by atoms with Crippen LogP contribution in [-0.2, 0) is 14.9 Å². The molecule has 2 aromatic heterocycles. The summed E-state index contributed by atoms with van der Waals surface area (Å²) in [5.41, 5.74) is 2.56. The van der Waals surface area contributed by atoms with Crippen molar-refractivity contribution < 1.29 is 22.3 Å². The minimum atomic E-state index is -4.00. The molecule has 0 unspecified atom stereocenters. The summed E-state index contributed by atoms with van der Waals surface area (Å²) in [7, 11) is -2.61. The number of nitrogens with one attached hydrogen (secondary N) is 1. The molecular formula is C32H37ClFN7O4S. The fourth-order valence-electron chi connectivity index (χ4n) is 4.96. The Morgan fingerprint density at radius 2 is 1.65 bits per heavy atom. The summed E-state index contributed by atoms with van der Waals surface area (Å²) in [6.07, 6.45) is 4.61. The predicted molar refractivity (Wildman–Crippen MR) is 178 cm³/mol. The van der Waals surface area contributed by atoms with Crippen LogP contribution < -0.4 is 9.62 Å². The second-order valence-electron chi connectivity index (χ2n) is 11.9. The first-order chi connectivity index (χ1) is 21.8. The SMILES string of the molecule is CCN(C)S(=O)(=O)Nc1cc(Cl)cc(-c2cn(-c3ccc(N4CCN(C(=O)OC(C)(C)C)CC4)cc3)nc2-c2ccncc2)c1F. The van der Waals surface area contributed by atoms with Crippen LogP contribution in [0.4, 0.5) is 20.6 Å². The number of piperazine rings is 1. The Kier molecular flexibility index (Phi) is 9.57. The minimum absolute atomic E-state index is 0.0851. The number of benzene rings is 2. The fraction of sp³-hybridized carbons (Fsp3) is 0.344. The number of halogens is 2. The highest BCUT2D eigenvalue weighted by Crippen LogP contribution is 2.38. The quantitative estimate of drug-likeness (QED) is 0.243. The topological polar surface area (TPSA) is 113 Å². The number of ether oxygens (including phenoxy) is 1. The Balaban J connectivity index is 1.44. The molecule has 244 valence electrons. The normalized spacial score (nSPS) is 14.1. The second kappa shape index (κ2) is 13.3. The predicted octanol–water partition coefficient (Wildman–Crippen LogP) is 6.06. The standard InChI is InChI=1S/C32H37ClFN7O4S/c1-6-38(5)46(43,44)37-28-20-23(33)19-26(29(28)34)27-21-41(36-30(27)22-11-13-35-14-12-22)25-9-7-24(8-10-25)39-15-17-40(18-16-39)31(42)45-32(2,3)4/h7-14,19-21,37H,6,15-18H2,1-5H3. The maximum Gasteiger partial charge on any atom is 0.410 e. The van der Waals surface area contributed by atoms with Gasteiger partial charge in [0.25, 0.3) is 0 Å². The molecule has 0 atom stereocenters. The highest BCUT2D eigenvalue weighted by atomic mass is 35.5. The van der Waals surface area contributed by atoms with Crippen LogP contribution in [0.2, 0.25) is 5.02 Å². The fourth-order valence-corrected chi connectivity index (χ4v) is 6.10. The van der Waals surface area contributed by atoms with E-state index in [4.69, 9.17) is 21.4 Å². The van der Waals surface area contributed by atoms with E-state index in [1.165, 1.54) is 19.2 Å². The van der Waals surface area contributed by atoms with E-state index in [-0.39, 0.29) is 28.9 Å². The zero-order valence-electron chi connectivity index (χ0n) is 26.4. The van der Waals surface area contributed by atoms with Crippen molar-refractivity contribution in [3.05, 3.63) is 78.0 Å². The van der Waals surface area contributed by atoms with Gasteiger partial charge >= 0.3 is 16.3 Å². The van der Waals surface area contributed by atoms with Gasteiger partial charge in [0.05, 0.1) is 11.4 Å². The van der Waals surface area contributed by atoms with Crippen molar-refractivity contribution in [2.75, 3.05) is 49.4 Å². The number of anilines is 2. The van der Waals surface area contributed by atoms with E-state index >= 15 is 4.39 Å². The lowest BCUT2D eigenvalue weighted by Gasteiger charge is -2.36. The maximum atomic E-state index is 16.1. The molecule has 4 aromatic rings. The summed E-state index contributed by atoms with van der Waals surface area (Å²) >= 11 is 6.40. The molecule has 5 rings (SSSR count). The van der Waals surface area contributed by atoms with Gasteiger partial charge in [-0.1, -0.05) is 18.5 Å². The van der Waals surface area contributed by atoms with Gasteiger partial charge in [-0.25, -0.2) is 13.9 Å². The van der Waals surface area contributed by atoms with E-state index in [9.17, 15) is 13.2 Å². The molecule has 46 heavy (non-hydrogen) atoms. The zero-order chi connectivity index (χ0) is 33.2. The maximum absolute atomic E-state index is 16.1. The van der Waals surface area contributed by atoms with Crippen molar-refractivity contribution in [1.82, 2.24) is 24.0 Å². The van der Waals surface area contributed by atoms with Gasteiger partial charge in [-0.2, -0.15) is 17.8 Å². The minimum Gasteiger partial charge on any atom is -0.444 e. The van der Waals surface area contributed by atoms with Gasteiger partial charge < -0.3 is 14.5 Å².